The number of carbonyl (C=O) groups excluding carboxylic acids is 1. The van der Waals surface area contributed by atoms with Crippen LogP contribution >= 0.6 is 0 Å². The van der Waals surface area contributed by atoms with Crippen molar-refractivity contribution < 1.29 is 9.18 Å². The maximum atomic E-state index is 13.8. The fraction of sp³-hybridized carbons (Fsp3) is 0.923. The number of carbonyl (C=O) groups is 1. The summed E-state index contributed by atoms with van der Waals surface area (Å²) in [7, 11) is 1.63. The molecule has 2 atom stereocenters. The predicted octanol–water partition coefficient (Wildman–Crippen LogP) is 2.56. The topological polar surface area (TPSA) is 23.6 Å². The third kappa shape index (κ3) is 7.31. The summed E-state index contributed by atoms with van der Waals surface area (Å²) in [6.07, 6.45) is -0.987. The lowest BCUT2D eigenvalue weighted by Crippen LogP contribution is -2.44. The standard InChI is InChI=1S/C11H23FN2O.C2H6/c1-6-14(7-2)9(3)11(12)8-13(5)10(4)15;1-2/h9,11H,6-8H2,1-5H3;1-2H3. The lowest BCUT2D eigenvalue weighted by molar-refractivity contribution is -0.128. The summed E-state index contributed by atoms with van der Waals surface area (Å²) in [4.78, 5) is 14.4. The van der Waals surface area contributed by atoms with Crippen molar-refractivity contribution >= 4 is 5.91 Å². The minimum absolute atomic E-state index is 0.0932. The molecule has 0 aromatic rings. The van der Waals surface area contributed by atoms with E-state index >= 15 is 0 Å². The van der Waals surface area contributed by atoms with Crippen molar-refractivity contribution in [3.8, 4) is 0 Å². The lowest BCUT2D eigenvalue weighted by Gasteiger charge is -2.30. The Morgan fingerprint density at radius 3 is 1.94 bits per heavy atom. The van der Waals surface area contributed by atoms with E-state index in [4.69, 9.17) is 0 Å². The summed E-state index contributed by atoms with van der Waals surface area (Å²) in [6.45, 7) is 13.2. The van der Waals surface area contributed by atoms with Crippen molar-refractivity contribution in [1.29, 1.82) is 0 Å². The fourth-order valence-electron chi connectivity index (χ4n) is 1.57. The smallest absolute Gasteiger partial charge is 0.219 e. The van der Waals surface area contributed by atoms with Crippen LogP contribution in [-0.2, 0) is 4.79 Å². The van der Waals surface area contributed by atoms with E-state index in [2.05, 4.69) is 4.90 Å². The van der Waals surface area contributed by atoms with Gasteiger partial charge in [0.2, 0.25) is 5.91 Å². The highest BCUT2D eigenvalue weighted by molar-refractivity contribution is 5.72. The monoisotopic (exact) mass is 248 g/mol. The molecule has 0 N–H and O–H groups in total. The van der Waals surface area contributed by atoms with Crippen molar-refractivity contribution in [3.63, 3.8) is 0 Å². The SMILES string of the molecule is CC.CCN(CC)C(C)C(F)CN(C)C(C)=O. The van der Waals surface area contributed by atoms with E-state index in [0.29, 0.717) is 0 Å². The Kier molecular flexibility index (Phi) is 11.6. The lowest BCUT2D eigenvalue weighted by atomic mass is 10.1. The number of amides is 1. The van der Waals surface area contributed by atoms with Crippen molar-refractivity contribution in [3.05, 3.63) is 0 Å². The molecule has 0 aromatic carbocycles. The first-order valence-electron chi connectivity index (χ1n) is 6.53. The van der Waals surface area contributed by atoms with Crippen LogP contribution in [0.3, 0.4) is 0 Å². The quantitative estimate of drug-likeness (QED) is 0.721. The second kappa shape index (κ2) is 10.5. The van der Waals surface area contributed by atoms with Crippen molar-refractivity contribution in [2.75, 3.05) is 26.7 Å². The molecule has 0 radical (unpaired) electrons. The Bertz CT molecular complexity index is 196. The third-order valence-electron chi connectivity index (χ3n) is 2.90. The zero-order valence-corrected chi connectivity index (χ0v) is 12.5. The van der Waals surface area contributed by atoms with Gasteiger partial charge in [-0.25, -0.2) is 4.39 Å². The molecule has 2 unspecified atom stereocenters. The summed E-state index contributed by atoms with van der Waals surface area (Å²) >= 11 is 0. The van der Waals surface area contributed by atoms with Crippen LogP contribution in [0, 0.1) is 0 Å². The summed E-state index contributed by atoms with van der Waals surface area (Å²) in [5, 5.41) is 0. The van der Waals surface area contributed by atoms with E-state index in [0.717, 1.165) is 13.1 Å². The molecule has 0 rings (SSSR count). The number of rotatable bonds is 6. The molecule has 0 fully saturated rings. The Hall–Kier alpha value is -0.640. The Labute approximate surface area is 106 Å². The first-order chi connectivity index (χ1) is 7.93. The molecule has 1 amide bonds. The molecule has 0 bridgehead atoms. The van der Waals surface area contributed by atoms with Gasteiger partial charge in [-0.15, -0.1) is 0 Å². The summed E-state index contributed by atoms with van der Waals surface area (Å²) in [6, 6.07) is -0.137. The van der Waals surface area contributed by atoms with Crippen LogP contribution in [0.5, 0.6) is 0 Å². The zero-order valence-electron chi connectivity index (χ0n) is 12.5. The van der Waals surface area contributed by atoms with Crippen molar-refractivity contribution in [2.24, 2.45) is 0 Å². The third-order valence-corrected chi connectivity index (χ3v) is 2.90. The number of hydrogen-bond donors (Lipinski definition) is 0. The molecule has 0 aliphatic rings. The highest BCUT2D eigenvalue weighted by Crippen LogP contribution is 2.09. The molecule has 0 spiro atoms. The van der Waals surface area contributed by atoms with Gasteiger partial charge < -0.3 is 4.90 Å². The molecule has 3 nitrogen and oxygen atoms in total. The van der Waals surface area contributed by atoms with Crippen LogP contribution in [-0.4, -0.2) is 54.6 Å². The number of alkyl halides is 1. The molecular weight excluding hydrogens is 219 g/mol. The molecule has 17 heavy (non-hydrogen) atoms. The zero-order chi connectivity index (χ0) is 14.0. The van der Waals surface area contributed by atoms with Crippen LogP contribution < -0.4 is 0 Å². The Balaban J connectivity index is 0. The second-order valence-corrected chi connectivity index (χ2v) is 3.88. The highest BCUT2D eigenvalue weighted by atomic mass is 19.1. The van der Waals surface area contributed by atoms with Crippen LogP contribution in [0.2, 0.25) is 0 Å². The summed E-state index contributed by atoms with van der Waals surface area (Å²) in [5.41, 5.74) is 0. The van der Waals surface area contributed by atoms with Crippen molar-refractivity contribution in [1.82, 2.24) is 9.80 Å². The molecule has 0 heterocycles. The largest absolute Gasteiger partial charge is 0.343 e. The van der Waals surface area contributed by atoms with Crippen LogP contribution in [0.1, 0.15) is 41.5 Å². The van der Waals surface area contributed by atoms with Gasteiger partial charge in [0.25, 0.3) is 0 Å². The van der Waals surface area contributed by atoms with Crippen LogP contribution in [0.25, 0.3) is 0 Å². The molecule has 104 valence electrons. The van der Waals surface area contributed by atoms with Gasteiger partial charge >= 0.3 is 0 Å². The van der Waals surface area contributed by atoms with E-state index in [1.807, 2.05) is 34.6 Å². The van der Waals surface area contributed by atoms with E-state index in [9.17, 15) is 9.18 Å². The Morgan fingerprint density at radius 1 is 1.24 bits per heavy atom. The molecule has 0 aliphatic carbocycles. The number of halogens is 1. The van der Waals surface area contributed by atoms with E-state index < -0.39 is 6.17 Å². The summed E-state index contributed by atoms with van der Waals surface area (Å²) < 4.78 is 13.8. The Morgan fingerprint density at radius 2 is 1.65 bits per heavy atom. The first-order valence-corrected chi connectivity index (χ1v) is 6.53. The molecule has 0 aromatic heterocycles. The van der Waals surface area contributed by atoms with Gasteiger partial charge in [0, 0.05) is 20.0 Å². The minimum Gasteiger partial charge on any atom is -0.343 e. The van der Waals surface area contributed by atoms with E-state index in [1.165, 1.54) is 11.8 Å². The van der Waals surface area contributed by atoms with Gasteiger partial charge in [-0.2, -0.15) is 0 Å². The predicted molar refractivity (Wildman–Crippen MR) is 71.9 cm³/mol. The summed E-state index contributed by atoms with van der Waals surface area (Å²) in [5.74, 6) is -0.0932. The van der Waals surface area contributed by atoms with Crippen molar-refractivity contribution in [2.45, 2.75) is 53.8 Å². The van der Waals surface area contributed by atoms with E-state index in [-0.39, 0.29) is 18.5 Å². The van der Waals surface area contributed by atoms with E-state index in [1.54, 1.807) is 7.05 Å². The maximum Gasteiger partial charge on any atom is 0.219 e. The minimum atomic E-state index is -0.987. The van der Waals surface area contributed by atoms with Crippen LogP contribution in [0.4, 0.5) is 4.39 Å². The molecule has 4 heteroatoms. The van der Waals surface area contributed by atoms with Crippen LogP contribution in [0.15, 0.2) is 0 Å². The first kappa shape index (κ1) is 18.7. The average molecular weight is 248 g/mol. The average Bonchev–Trinajstić information content (AvgIpc) is 2.32. The fourth-order valence-corrected chi connectivity index (χ4v) is 1.57. The van der Waals surface area contributed by atoms with Gasteiger partial charge in [-0.05, 0) is 20.0 Å². The molecule has 0 saturated heterocycles. The number of hydrogen-bond acceptors (Lipinski definition) is 2. The highest BCUT2D eigenvalue weighted by Gasteiger charge is 2.23. The second-order valence-electron chi connectivity index (χ2n) is 3.88. The van der Waals surface area contributed by atoms with Gasteiger partial charge in [0.15, 0.2) is 0 Å². The molecule has 0 aliphatic heterocycles. The maximum absolute atomic E-state index is 13.8. The van der Waals surface area contributed by atoms with Gasteiger partial charge in [0.1, 0.15) is 6.17 Å². The van der Waals surface area contributed by atoms with Gasteiger partial charge in [0.05, 0.1) is 6.54 Å². The van der Waals surface area contributed by atoms with Gasteiger partial charge in [-0.1, -0.05) is 27.7 Å². The van der Waals surface area contributed by atoms with Gasteiger partial charge in [-0.3, -0.25) is 9.69 Å². The molecule has 0 saturated carbocycles. The number of nitrogens with zero attached hydrogens (tertiary/aromatic N) is 2. The normalized spacial score (nSPS) is 13.7. The molecular formula is C13H29FN2O.